The second-order valence-corrected chi connectivity index (χ2v) is 5.98. The van der Waals surface area contributed by atoms with E-state index in [1.54, 1.807) is 6.92 Å². The summed E-state index contributed by atoms with van der Waals surface area (Å²) in [5, 5.41) is 9.48. The van der Waals surface area contributed by atoms with Crippen LogP contribution in [0.1, 0.15) is 30.7 Å². The zero-order valence-corrected chi connectivity index (χ0v) is 13.1. The lowest BCUT2D eigenvalue weighted by atomic mass is 10.0. The Balaban J connectivity index is 1.83. The normalized spacial score (nSPS) is 19.2. The van der Waals surface area contributed by atoms with Crippen LogP contribution in [0.15, 0.2) is 22.6 Å². The fraction of sp³-hybridized carbons (Fsp3) is 0.471. The minimum atomic E-state index is -0.659. The molecule has 1 aromatic carbocycles. The lowest BCUT2D eigenvalue weighted by Crippen LogP contribution is -2.41. The van der Waals surface area contributed by atoms with Crippen LogP contribution in [0.2, 0.25) is 0 Å². The standard InChI is InChI=1S/C17H20F2N2O2/c1-11-16(9-21-5-3-2-4-15(21)10-22)20-17(23-11)12-6-13(18)8-14(19)7-12/h6-8,15,22H,2-5,9-10H2,1H3/t15-/m1/s1. The van der Waals surface area contributed by atoms with Crippen molar-refractivity contribution in [1.29, 1.82) is 0 Å². The molecule has 0 amide bonds. The summed E-state index contributed by atoms with van der Waals surface area (Å²) in [6, 6.07) is 3.36. The van der Waals surface area contributed by atoms with Gasteiger partial charge in [0.15, 0.2) is 0 Å². The molecule has 0 radical (unpaired) electrons. The average Bonchev–Trinajstić information content (AvgIpc) is 2.88. The molecule has 0 bridgehead atoms. The quantitative estimate of drug-likeness (QED) is 0.938. The molecule has 2 heterocycles. The first kappa shape index (κ1) is 16.1. The largest absolute Gasteiger partial charge is 0.441 e. The van der Waals surface area contributed by atoms with Gasteiger partial charge in [-0.25, -0.2) is 13.8 Å². The van der Waals surface area contributed by atoms with E-state index in [9.17, 15) is 13.9 Å². The Morgan fingerprint density at radius 3 is 2.70 bits per heavy atom. The summed E-state index contributed by atoms with van der Waals surface area (Å²) in [5.41, 5.74) is 1.03. The predicted molar refractivity (Wildman–Crippen MR) is 81.7 cm³/mol. The van der Waals surface area contributed by atoms with E-state index in [1.807, 2.05) is 0 Å². The number of aromatic nitrogens is 1. The van der Waals surface area contributed by atoms with Gasteiger partial charge < -0.3 is 9.52 Å². The van der Waals surface area contributed by atoms with Crippen molar-refractivity contribution in [2.75, 3.05) is 13.2 Å². The van der Waals surface area contributed by atoms with Crippen LogP contribution >= 0.6 is 0 Å². The smallest absolute Gasteiger partial charge is 0.226 e. The number of aryl methyl sites for hydroxylation is 1. The topological polar surface area (TPSA) is 49.5 Å². The summed E-state index contributed by atoms with van der Waals surface area (Å²) in [7, 11) is 0. The highest BCUT2D eigenvalue weighted by Gasteiger charge is 2.24. The fourth-order valence-electron chi connectivity index (χ4n) is 3.04. The SMILES string of the molecule is Cc1oc(-c2cc(F)cc(F)c2)nc1CN1CCCC[C@@H]1CO. The highest BCUT2D eigenvalue weighted by molar-refractivity contribution is 5.53. The predicted octanol–water partition coefficient (Wildman–Crippen LogP) is 3.28. The highest BCUT2D eigenvalue weighted by Crippen LogP contribution is 2.26. The van der Waals surface area contributed by atoms with Gasteiger partial charge in [-0.05, 0) is 38.4 Å². The number of aliphatic hydroxyl groups excluding tert-OH is 1. The molecule has 0 aliphatic carbocycles. The average molecular weight is 322 g/mol. The van der Waals surface area contributed by atoms with E-state index in [2.05, 4.69) is 9.88 Å². The van der Waals surface area contributed by atoms with Crippen molar-refractivity contribution in [3.63, 3.8) is 0 Å². The number of benzene rings is 1. The maximum absolute atomic E-state index is 13.3. The lowest BCUT2D eigenvalue weighted by molar-refractivity contribution is 0.0828. The molecule has 1 saturated heterocycles. The first-order valence-electron chi connectivity index (χ1n) is 7.84. The molecule has 124 valence electrons. The van der Waals surface area contributed by atoms with Crippen LogP contribution in [0.25, 0.3) is 11.5 Å². The Bertz CT molecular complexity index is 667. The Morgan fingerprint density at radius 1 is 1.26 bits per heavy atom. The maximum atomic E-state index is 13.3. The number of hydrogen-bond donors (Lipinski definition) is 1. The molecule has 0 unspecified atom stereocenters. The molecule has 1 atom stereocenters. The van der Waals surface area contributed by atoms with Crippen molar-refractivity contribution in [1.82, 2.24) is 9.88 Å². The van der Waals surface area contributed by atoms with E-state index in [0.717, 1.165) is 37.6 Å². The summed E-state index contributed by atoms with van der Waals surface area (Å²) < 4.78 is 32.3. The second kappa shape index (κ2) is 6.76. The van der Waals surface area contributed by atoms with Gasteiger partial charge in [0.05, 0.1) is 12.3 Å². The van der Waals surface area contributed by atoms with Crippen LogP contribution in [-0.4, -0.2) is 34.2 Å². The number of rotatable bonds is 4. The van der Waals surface area contributed by atoms with Crippen molar-refractivity contribution in [3.05, 3.63) is 41.3 Å². The third kappa shape index (κ3) is 3.59. The van der Waals surface area contributed by atoms with Crippen LogP contribution in [0.3, 0.4) is 0 Å². The molecule has 1 aromatic heterocycles. The summed E-state index contributed by atoms with van der Waals surface area (Å²) >= 11 is 0. The molecular weight excluding hydrogens is 302 g/mol. The molecular formula is C17H20F2N2O2. The number of nitrogens with zero attached hydrogens (tertiary/aromatic N) is 2. The molecule has 1 aliphatic heterocycles. The molecule has 1 fully saturated rings. The van der Waals surface area contributed by atoms with Crippen molar-refractivity contribution in [2.45, 2.75) is 38.8 Å². The summed E-state index contributed by atoms with van der Waals surface area (Å²) in [4.78, 5) is 6.59. The highest BCUT2D eigenvalue weighted by atomic mass is 19.1. The molecule has 0 saturated carbocycles. The van der Waals surface area contributed by atoms with Crippen LogP contribution in [-0.2, 0) is 6.54 Å². The first-order chi connectivity index (χ1) is 11.1. The Hall–Kier alpha value is -1.79. The van der Waals surface area contributed by atoms with E-state index >= 15 is 0 Å². The van der Waals surface area contributed by atoms with E-state index < -0.39 is 11.6 Å². The lowest BCUT2D eigenvalue weighted by Gasteiger charge is -2.33. The number of hydrogen-bond acceptors (Lipinski definition) is 4. The van der Waals surface area contributed by atoms with Gasteiger partial charge in [-0.3, -0.25) is 4.90 Å². The van der Waals surface area contributed by atoms with Gasteiger partial charge in [0.25, 0.3) is 0 Å². The first-order valence-corrected chi connectivity index (χ1v) is 7.84. The van der Waals surface area contributed by atoms with Crippen molar-refractivity contribution in [2.24, 2.45) is 0 Å². The van der Waals surface area contributed by atoms with Gasteiger partial charge in [-0.1, -0.05) is 6.42 Å². The van der Waals surface area contributed by atoms with Gasteiger partial charge in [-0.15, -0.1) is 0 Å². The van der Waals surface area contributed by atoms with Gasteiger partial charge in [0.2, 0.25) is 5.89 Å². The molecule has 3 rings (SSSR count). The van der Waals surface area contributed by atoms with Gasteiger partial charge >= 0.3 is 0 Å². The minimum Gasteiger partial charge on any atom is -0.441 e. The Labute approximate surface area is 133 Å². The van der Waals surface area contributed by atoms with Crippen molar-refractivity contribution >= 4 is 0 Å². The van der Waals surface area contributed by atoms with E-state index in [1.165, 1.54) is 12.1 Å². The second-order valence-electron chi connectivity index (χ2n) is 5.98. The monoisotopic (exact) mass is 322 g/mol. The van der Waals surface area contributed by atoms with E-state index in [0.29, 0.717) is 12.3 Å². The summed E-state index contributed by atoms with van der Waals surface area (Å²) in [5.74, 6) is -0.469. The Kier molecular flexibility index (Phi) is 4.73. The third-order valence-electron chi connectivity index (χ3n) is 4.31. The zero-order chi connectivity index (χ0) is 16.4. The molecule has 4 nitrogen and oxygen atoms in total. The molecule has 2 aromatic rings. The van der Waals surface area contributed by atoms with Gasteiger partial charge in [0, 0.05) is 24.2 Å². The van der Waals surface area contributed by atoms with Crippen LogP contribution in [0.5, 0.6) is 0 Å². The number of oxazole rings is 1. The minimum absolute atomic E-state index is 0.124. The molecule has 0 spiro atoms. The number of aliphatic hydroxyl groups is 1. The van der Waals surface area contributed by atoms with E-state index in [4.69, 9.17) is 4.42 Å². The van der Waals surface area contributed by atoms with Gasteiger partial charge in [-0.2, -0.15) is 0 Å². The third-order valence-corrected chi connectivity index (χ3v) is 4.31. The van der Waals surface area contributed by atoms with Crippen LogP contribution in [0.4, 0.5) is 8.78 Å². The molecule has 1 N–H and O–H groups in total. The fourth-order valence-corrected chi connectivity index (χ4v) is 3.04. The van der Waals surface area contributed by atoms with Gasteiger partial charge in [0.1, 0.15) is 17.4 Å². The van der Waals surface area contributed by atoms with Crippen molar-refractivity contribution in [3.8, 4) is 11.5 Å². The van der Waals surface area contributed by atoms with E-state index in [-0.39, 0.29) is 24.1 Å². The number of piperidine rings is 1. The summed E-state index contributed by atoms with van der Waals surface area (Å²) in [6.45, 7) is 3.39. The molecule has 6 heteroatoms. The van der Waals surface area contributed by atoms with Crippen LogP contribution in [0, 0.1) is 18.6 Å². The number of halogens is 2. The Morgan fingerprint density at radius 2 is 2.00 bits per heavy atom. The zero-order valence-electron chi connectivity index (χ0n) is 13.1. The number of likely N-dealkylation sites (tertiary alicyclic amines) is 1. The molecule has 1 aliphatic rings. The van der Waals surface area contributed by atoms with Crippen molar-refractivity contribution < 1.29 is 18.3 Å². The maximum Gasteiger partial charge on any atom is 0.226 e. The summed E-state index contributed by atoms with van der Waals surface area (Å²) in [6.07, 6.45) is 3.18. The van der Waals surface area contributed by atoms with Crippen LogP contribution < -0.4 is 0 Å². The molecule has 23 heavy (non-hydrogen) atoms.